The largest absolute Gasteiger partial charge is 0.446 e. The molecule has 0 unspecified atom stereocenters. The summed E-state index contributed by atoms with van der Waals surface area (Å²) in [5, 5.41) is -1.11. The maximum atomic E-state index is 12.4. The first-order valence-electron chi connectivity index (χ1n) is 5.08. The Balaban J connectivity index is 2.88. The number of esters is 1. The lowest BCUT2D eigenvalue weighted by atomic mass is 10.2. The lowest BCUT2D eigenvalue weighted by Crippen LogP contribution is -2.26. The number of rotatable bonds is 5. The minimum Gasteiger partial charge on any atom is -0.446 e. The molecule has 0 aromatic rings. The number of carbonyl (C=O) groups is 1. The molecule has 5 nitrogen and oxygen atoms in total. The zero-order chi connectivity index (χ0) is 11.5. The van der Waals surface area contributed by atoms with Crippen molar-refractivity contribution < 1.29 is 23.1 Å². The topological polar surface area (TPSA) is 61.8 Å². The zero-order valence-corrected chi connectivity index (χ0v) is 10.2. The number of cyclic esters (lactones) is 1. The molecule has 6 heteroatoms. The Hall–Kier alpha value is -0.380. The third-order valence-corrected chi connectivity index (χ3v) is 4.97. The van der Waals surface area contributed by atoms with E-state index in [4.69, 9.17) is 13.8 Å². The van der Waals surface area contributed by atoms with Crippen LogP contribution >= 0.6 is 7.60 Å². The van der Waals surface area contributed by atoms with E-state index in [1.54, 1.807) is 20.8 Å². The Morgan fingerprint density at radius 2 is 1.93 bits per heavy atom. The van der Waals surface area contributed by atoms with Gasteiger partial charge in [-0.25, -0.2) is 0 Å². The molecule has 88 valence electrons. The fourth-order valence-corrected chi connectivity index (χ4v) is 3.42. The molecule has 1 aliphatic heterocycles. The summed E-state index contributed by atoms with van der Waals surface area (Å²) in [7, 11) is -3.36. The summed E-state index contributed by atoms with van der Waals surface area (Å²) in [6.07, 6.45) is 0.643. The summed E-state index contributed by atoms with van der Waals surface area (Å²) in [6, 6.07) is 0. The van der Waals surface area contributed by atoms with Crippen LogP contribution in [0.25, 0.3) is 0 Å². The van der Waals surface area contributed by atoms with Crippen LogP contribution in [-0.4, -0.2) is 24.5 Å². The van der Waals surface area contributed by atoms with Crippen LogP contribution in [0.15, 0.2) is 0 Å². The van der Waals surface area contributed by atoms with Gasteiger partial charge in [-0.15, -0.1) is 0 Å². The van der Waals surface area contributed by atoms with Crippen molar-refractivity contribution in [3.63, 3.8) is 0 Å². The van der Waals surface area contributed by atoms with E-state index in [1.165, 1.54) is 0 Å². The standard InChI is InChI=1S/C9H17O5P/c1-4-12-15(11,13-5-2)9(3)7-6-8(10)14-9/h4-7H2,1-3H3/t9-/m0/s1. The number of hydrogen-bond donors (Lipinski definition) is 0. The van der Waals surface area contributed by atoms with Gasteiger partial charge in [-0.2, -0.15) is 0 Å². The predicted molar refractivity (Wildman–Crippen MR) is 54.6 cm³/mol. The second-order valence-electron chi connectivity index (χ2n) is 3.48. The van der Waals surface area contributed by atoms with Crippen LogP contribution in [-0.2, 0) is 23.1 Å². The third kappa shape index (κ3) is 2.41. The van der Waals surface area contributed by atoms with E-state index < -0.39 is 12.9 Å². The van der Waals surface area contributed by atoms with Crippen molar-refractivity contribution in [1.82, 2.24) is 0 Å². The van der Waals surface area contributed by atoms with Gasteiger partial charge in [-0.05, 0) is 20.8 Å². The van der Waals surface area contributed by atoms with Crippen molar-refractivity contribution >= 4 is 13.6 Å². The van der Waals surface area contributed by atoms with Crippen LogP contribution in [0, 0.1) is 0 Å². The molecule has 0 N–H and O–H groups in total. The fraction of sp³-hybridized carbons (Fsp3) is 0.889. The fourth-order valence-electron chi connectivity index (χ4n) is 1.52. The van der Waals surface area contributed by atoms with E-state index in [0.717, 1.165) is 0 Å². The average Bonchev–Trinajstić information content (AvgIpc) is 2.49. The van der Waals surface area contributed by atoms with E-state index in [2.05, 4.69) is 0 Å². The first kappa shape index (κ1) is 12.7. The Labute approximate surface area is 89.6 Å². The molecule has 0 amide bonds. The van der Waals surface area contributed by atoms with Gasteiger partial charge in [0.15, 0.2) is 0 Å². The van der Waals surface area contributed by atoms with Gasteiger partial charge in [0.05, 0.1) is 13.2 Å². The van der Waals surface area contributed by atoms with Crippen LogP contribution in [0.2, 0.25) is 0 Å². The smallest absolute Gasteiger partial charge is 0.373 e. The molecule has 1 aliphatic rings. The molecule has 0 radical (unpaired) electrons. The van der Waals surface area contributed by atoms with Gasteiger partial charge >= 0.3 is 13.6 Å². The quantitative estimate of drug-likeness (QED) is 0.541. The van der Waals surface area contributed by atoms with E-state index >= 15 is 0 Å². The van der Waals surface area contributed by atoms with Gasteiger partial charge in [0, 0.05) is 12.8 Å². The highest BCUT2D eigenvalue weighted by Crippen LogP contribution is 2.63. The SMILES string of the molecule is CCOP(=O)(OCC)[C@@]1(C)CCC(=O)O1. The van der Waals surface area contributed by atoms with Crippen LogP contribution in [0.5, 0.6) is 0 Å². The monoisotopic (exact) mass is 236 g/mol. The average molecular weight is 236 g/mol. The molecular formula is C9H17O5P. The summed E-state index contributed by atoms with van der Waals surface area (Å²) in [5.41, 5.74) is 0. The lowest BCUT2D eigenvalue weighted by Gasteiger charge is -2.30. The normalized spacial score (nSPS) is 26.7. The number of carbonyl (C=O) groups excluding carboxylic acids is 1. The third-order valence-electron chi connectivity index (χ3n) is 2.30. The maximum absolute atomic E-state index is 12.4. The molecule has 0 spiro atoms. The second kappa shape index (κ2) is 4.64. The predicted octanol–water partition coefficient (Wildman–Crippen LogP) is 2.31. The Morgan fingerprint density at radius 3 is 2.27 bits per heavy atom. The van der Waals surface area contributed by atoms with Crippen molar-refractivity contribution in [3.8, 4) is 0 Å². The van der Waals surface area contributed by atoms with Crippen molar-refractivity contribution in [2.75, 3.05) is 13.2 Å². The van der Waals surface area contributed by atoms with E-state index in [-0.39, 0.29) is 25.6 Å². The van der Waals surface area contributed by atoms with Crippen LogP contribution < -0.4 is 0 Å². The Morgan fingerprint density at radius 1 is 1.40 bits per heavy atom. The van der Waals surface area contributed by atoms with Crippen LogP contribution in [0.1, 0.15) is 33.6 Å². The molecule has 1 fully saturated rings. The van der Waals surface area contributed by atoms with Gasteiger partial charge < -0.3 is 13.8 Å². The Kier molecular flexibility index (Phi) is 3.93. The molecule has 0 saturated carbocycles. The van der Waals surface area contributed by atoms with Crippen LogP contribution in [0.4, 0.5) is 0 Å². The van der Waals surface area contributed by atoms with Gasteiger partial charge in [-0.3, -0.25) is 9.36 Å². The molecule has 1 saturated heterocycles. The highest BCUT2D eigenvalue weighted by atomic mass is 31.2. The molecular weight excluding hydrogens is 219 g/mol. The second-order valence-corrected chi connectivity index (χ2v) is 5.94. The molecule has 15 heavy (non-hydrogen) atoms. The molecule has 0 aliphatic carbocycles. The Bertz CT molecular complexity index is 280. The highest BCUT2D eigenvalue weighted by molar-refractivity contribution is 7.55. The van der Waals surface area contributed by atoms with E-state index in [9.17, 15) is 9.36 Å². The van der Waals surface area contributed by atoms with E-state index in [0.29, 0.717) is 6.42 Å². The van der Waals surface area contributed by atoms with Gasteiger partial charge in [0.1, 0.15) is 0 Å². The van der Waals surface area contributed by atoms with Crippen LogP contribution in [0.3, 0.4) is 0 Å². The van der Waals surface area contributed by atoms with E-state index in [1.807, 2.05) is 0 Å². The van der Waals surface area contributed by atoms with Crippen molar-refractivity contribution in [2.24, 2.45) is 0 Å². The van der Waals surface area contributed by atoms with Crippen molar-refractivity contribution in [2.45, 2.75) is 39.0 Å². The zero-order valence-electron chi connectivity index (χ0n) is 9.32. The summed E-state index contributed by atoms with van der Waals surface area (Å²) in [5.74, 6) is -0.350. The number of ether oxygens (including phenoxy) is 1. The summed E-state index contributed by atoms with van der Waals surface area (Å²) in [4.78, 5) is 11.1. The molecule has 1 atom stereocenters. The van der Waals surface area contributed by atoms with Gasteiger partial charge in [0.2, 0.25) is 5.34 Å². The minimum atomic E-state index is -3.36. The first-order valence-corrected chi connectivity index (χ1v) is 6.63. The van der Waals surface area contributed by atoms with Crippen molar-refractivity contribution in [3.05, 3.63) is 0 Å². The number of hydrogen-bond acceptors (Lipinski definition) is 5. The molecule has 1 rings (SSSR count). The van der Waals surface area contributed by atoms with Gasteiger partial charge in [0.25, 0.3) is 0 Å². The molecule has 1 heterocycles. The first-order chi connectivity index (χ1) is 6.97. The highest BCUT2D eigenvalue weighted by Gasteiger charge is 2.53. The molecule has 0 bridgehead atoms. The maximum Gasteiger partial charge on any atom is 0.373 e. The molecule has 0 aromatic heterocycles. The summed E-state index contributed by atoms with van der Waals surface area (Å²) < 4.78 is 27.8. The molecule has 0 aromatic carbocycles. The van der Waals surface area contributed by atoms with Gasteiger partial charge in [-0.1, -0.05) is 0 Å². The minimum absolute atomic E-state index is 0.265. The lowest BCUT2D eigenvalue weighted by molar-refractivity contribution is -0.143. The summed E-state index contributed by atoms with van der Waals surface area (Å²) >= 11 is 0. The summed E-state index contributed by atoms with van der Waals surface area (Å²) in [6.45, 7) is 5.59. The van der Waals surface area contributed by atoms with Crippen molar-refractivity contribution in [1.29, 1.82) is 0 Å².